The number of hydrogen-bond acceptors (Lipinski definition) is 4. The first-order chi connectivity index (χ1) is 16.6. The Balaban J connectivity index is 1.13. The standard InChI is InChI=1S/C27H32N4O3/c32-25(30-16-14-29(15-17-30)18-20-6-2-1-3-7-20)22-12-10-21(11-13-22)19-31-26(33)23-8-4-5-9-24(23)28-27(31)34/h1-9,21-22H,10-19H2,(H,28,34)/t21-,22-. The minimum Gasteiger partial charge on any atom is -0.340 e. The summed E-state index contributed by atoms with van der Waals surface area (Å²) >= 11 is 0. The van der Waals surface area contributed by atoms with Gasteiger partial charge in [0.05, 0.1) is 10.9 Å². The maximum absolute atomic E-state index is 13.1. The number of fused-ring (bicyclic) bond motifs is 1. The number of benzene rings is 2. The van der Waals surface area contributed by atoms with Crippen molar-refractivity contribution in [3.8, 4) is 0 Å². The largest absolute Gasteiger partial charge is 0.340 e. The predicted molar refractivity (Wildman–Crippen MR) is 133 cm³/mol. The minimum absolute atomic E-state index is 0.0588. The molecule has 0 atom stereocenters. The van der Waals surface area contributed by atoms with Crippen LogP contribution in [0.15, 0.2) is 64.2 Å². The van der Waals surface area contributed by atoms with E-state index in [0.717, 1.165) is 58.4 Å². The molecule has 0 unspecified atom stereocenters. The lowest BCUT2D eigenvalue weighted by Gasteiger charge is -2.38. The van der Waals surface area contributed by atoms with Crippen molar-refractivity contribution in [3.63, 3.8) is 0 Å². The molecule has 34 heavy (non-hydrogen) atoms. The highest BCUT2D eigenvalue weighted by Crippen LogP contribution is 2.31. The number of para-hydroxylation sites is 1. The summed E-state index contributed by atoms with van der Waals surface area (Å²) in [5, 5.41) is 0.539. The number of hydrogen-bond donors (Lipinski definition) is 1. The van der Waals surface area contributed by atoms with Gasteiger partial charge in [0, 0.05) is 45.2 Å². The molecule has 7 nitrogen and oxygen atoms in total. The second-order valence-corrected chi connectivity index (χ2v) is 9.70. The Morgan fingerprint density at radius 2 is 1.53 bits per heavy atom. The van der Waals surface area contributed by atoms with E-state index in [1.54, 1.807) is 12.1 Å². The summed E-state index contributed by atoms with van der Waals surface area (Å²) in [4.78, 5) is 45.7. The molecule has 2 heterocycles. The molecule has 2 aliphatic rings. The molecule has 2 aromatic carbocycles. The number of carbonyl (C=O) groups is 1. The predicted octanol–water partition coefficient (Wildman–Crippen LogP) is 2.84. The molecule has 0 bridgehead atoms. The monoisotopic (exact) mass is 460 g/mol. The lowest BCUT2D eigenvalue weighted by Crippen LogP contribution is -2.50. The van der Waals surface area contributed by atoms with Gasteiger partial charge in [-0.05, 0) is 49.3 Å². The van der Waals surface area contributed by atoms with Crippen LogP contribution in [0.1, 0.15) is 31.2 Å². The molecule has 3 aromatic rings. The second-order valence-electron chi connectivity index (χ2n) is 9.70. The van der Waals surface area contributed by atoms with Gasteiger partial charge in [0.15, 0.2) is 0 Å². The van der Waals surface area contributed by atoms with Crippen molar-refractivity contribution in [1.82, 2.24) is 19.4 Å². The molecule has 1 saturated heterocycles. The zero-order chi connectivity index (χ0) is 23.5. The minimum atomic E-state index is -0.352. The SMILES string of the molecule is O=c1[nH]c2ccccc2c(=O)n1C[C@H]1CC[C@H](C(=O)N2CCN(Cc3ccccc3)CC2)CC1. The van der Waals surface area contributed by atoms with Crippen molar-refractivity contribution in [2.75, 3.05) is 26.2 Å². The number of nitrogens with zero attached hydrogens (tertiary/aromatic N) is 3. The first-order valence-electron chi connectivity index (χ1n) is 12.4. The highest BCUT2D eigenvalue weighted by molar-refractivity contribution is 5.79. The average Bonchev–Trinajstić information content (AvgIpc) is 2.88. The number of rotatable bonds is 5. The topological polar surface area (TPSA) is 78.4 Å². The molecule has 1 amide bonds. The van der Waals surface area contributed by atoms with Gasteiger partial charge in [-0.3, -0.25) is 19.1 Å². The second kappa shape index (κ2) is 9.97. The quantitative estimate of drug-likeness (QED) is 0.635. The van der Waals surface area contributed by atoms with Crippen LogP contribution in [0.2, 0.25) is 0 Å². The Morgan fingerprint density at radius 1 is 0.853 bits per heavy atom. The van der Waals surface area contributed by atoms with E-state index in [9.17, 15) is 14.4 Å². The Kier molecular flexibility index (Phi) is 6.63. The van der Waals surface area contributed by atoms with Gasteiger partial charge >= 0.3 is 5.69 Å². The molecule has 7 heteroatoms. The molecule has 1 aromatic heterocycles. The summed E-state index contributed by atoms with van der Waals surface area (Å²) in [5.41, 5.74) is 1.30. The molecule has 1 aliphatic heterocycles. The van der Waals surface area contributed by atoms with Gasteiger partial charge in [-0.1, -0.05) is 42.5 Å². The zero-order valence-electron chi connectivity index (χ0n) is 19.5. The summed E-state index contributed by atoms with van der Waals surface area (Å²) in [6.45, 7) is 4.73. The van der Waals surface area contributed by atoms with Crippen LogP contribution in [-0.4, -0.2) is 51.4 Å². The fourth-order valence-corrected chi connectivity index (χ4v) is 5.44. The van der Waals surface area contributed by atoms with Crippen LogP contribution in [0.3, 0.4) is 0 Å². The van der Waals surface area contributed by atoms with E-state index in [0.29, 0.717) is 17.4 Å². The van der Waals surface area contributed by atoms with Gasteiger partial charge in [0.1, 0.15) is 0 Å². The maximum atomic E-state index is 13.1. The highest BCUT2D eigenvalue weighted by Gasteiger charge is 2.31. The molecule has 1 saturated carbocycles. The van der Waals surface area contributed by atoms with E-state index < -0.39 is 0 Å². The van der Waals surface area contributed by atoms with Crippen molar-refractivity contribution >= 4 is 16.8 Å². The summed E-state index contributed by atoms with van der Waals surface area (Å²) in [7, 11) is 0. The average molecular weight is 461 g/mol. The molecular weight excluding hydrogens is 428 g/mol. The normalized spacial score (nSPS) is 21.6. The van der Waals surface area contributed by atoms with Crippen molar-refractivity contribution in [3.05, 3.63) is 81.0 Å². The third-order valence-electron chi connectivity index (χ3n) is 7.46. The number of aromatic amines is 1. The lowest BCUT2D eigenvalue weighted by molar-refractivity contribution is -0.138. The van der Waals surface area contributed by atoms with Gasteiger partial charge in [-0.2, -0.15) is 0 Å². The Bertz CT molecular complexity index is 1250. The van der Waals surface area contributed by atoms with E-state index in [2.05, 4.69) is 34.1 Å². The molecule has 5 rings (SSSR count). The van der Waals surface area contributed by atoms with Crippen LogP contribution in [0.5, 0.6) is 0 Å². The van der Waals surface area contributed by atoms with Crippen LogP contribution >= 0.6 is 0 Å². The van der Waals surface area contributed by atoms with Gasteiger partial charge in [-0.15, -0.1) is 0 Å². The lowest BCUT2D eigenvalue weighted by atomic mass is 9.81. The summed E-state index contributed by atoms with van der Waals surface area (Å²) < 4.78 is 1.33. The summed E-state index contributed by atoms with van der Waals surface area (Å²) in [5.74, 6) is 0.578. The van der Waals surface area contributed by atoms with Crippen molar-refractivity contribution < 1.29 is 4.79 Å². The molecule has 1 aliphatic carbocycles. The van der Waals surface area contributed by atoms with Gasteiger partial charge in [-0.25, -0.2) is 4.79 Å². The van der Waals surface area contributed by atoms with Crippen LogP contribution in [0, 0.1) is 11.8 Å². The number of H-pyrrole nitrogens is 1. The summed E-state index contributed by atoms with van der Waals surface area (Å²) in [6, 6.07) is 17.6. The third-order valence-corrected chi connectivity index (χ3v) is 7.46. The van der Waals surface area contributed by atoms with E-state index in [-0.39, 0.29) is 29.0 Å². The highest BCUT2D eigenvalue weighted by atomic mass is 16.2. The smallest absolute Gasteiger partial charge is 0.328 e. The Hall–Kier alpha value is -3.19. The van der Waals surface area contributed by atoms with Gasteiger partial charge < -0.3 is 9.88 Å². The maximum Gasteiger partial charge on any atom is 0.328 e. The van der Waals surface area contributed by atoms with Crippen LogP contribution in [-0.2, 0) is 17.9 Å². The molecule has 1 N–H and O–H groups in total. The summed E-state index contributed by atoms with van der Waals surface area (Å²) in [6.07, 6.45) is 3.38. The zero-order valence-corrected chi connectivity index (χ0v) is 19.5. The first kappa shape index (κ1) is 22.6. The van der Waals surface area contributed by atoms with E-state index in [1.807, 2.05) is 23.1 Å². The fourth-order valence-electron chi connectivity index (χ4n) is 5.44. The fraction of sp³-hybridized carbons (Fsp3) is 0.444. The first-order valence-corrected chi connectivity index (χ1v) is 12.4. The van der Waals surface area contributed by atoms with Gasteiger partial charge in [0.2, 0.25) is 5.91 Å². The van der Waals surface area contributed by atoms with Crippen LogP contribution in [0.25, 0.3) is 10.9 Å². The Morgan fingerprint density at radius 3 is 2.26 bits per heavy atom. The molecule has 0 radical (unpaired) electrons. The molecule has 178 valence electrons. The van der Waals surface area contributed by atoms with E-state index >= 15 is 0 Å². The Labute approximate surface area is 199 Å². The number of nitrogens with one attached hydrogen (secondary N) is 1. The molecular formula is C27H32N4O3. The van der Waals surface area contributed by atoms with Crippen molar-refractivity contribution in [1.29, 1.82) is 0 Å². The van der Waals surface area contributed by atoms with Crippen LogP contribution < -0.4 is 11.2 Å². The van der Waals surface area contributed by atoms with Crippen LogP contribution in [0.4, 0.5) is 0 Å². The van der Waals surface area contributed by atoms with E-state index in [4.69, 9.17) is 0 Å². The number of piperazine rings is 1. The number of amides is 1. The molecule has 2 fully saturated rings. The number of aromatic nitrogens is 2. The molecule has 0 spiro atoms. The van der Waals surface area contributed by atoms with Crippen molar-refractivity contribution in [2.24, 2.45) is 11.8 Å². The van der Waals surface area contributed by atoms with Crippen molar-refractivity contribution in [2.45, 2.75) is 38.8 Å². The third kappa shape index (κ3) is 4.85. The van der Waals surface area contributed by atoms with Gasteiger partial charge in [0.25, 0.3) is 5.56 Å². The van der Waals surface area contributed by atoms with E-state index in [1.165, 1.54) is 10.1 Å². The number of carbonyl (C=O) groups excluding carboxylic acids is 1.